The van der Waals surface area contributed by atoms with Gasteiger partial charge in [-0.05, 0) is 39.7 Å². The van der Waals surface area contributed by atoms with Crippen LogP contribution >= 0.6 is 0 Å². The van der Waals surface area contributed by atoms with Gasteiger partial charge in [0.25, 0.3) is 0 Å². The average Bonchev–Trinajstić information content (AvgIpc) is 2.91. The lowest BCUT2D eigenvalue weighted by molar-refractivity contribution is -0.134. The van der Waals surface area contributed by atoms with Gasteiger partial charge in [0.2, 0.25) is 5.91 Å². The normalized spacial score (nSPS) is 10.9. The molecule has 0 atom stereocenters. The van der Waals surface area contributed by atoms with Gasteiger partial charge in [-0.25, -0.2) is 4.79 Å². The lowest BCUT2D eigenvalue weighted by Crippen LogP contribution is -2.39. The summed E-state index contributed by atoms with van der Waals surface area (Å²) in [5.74, 6) is -0.948. The number of Topliss-reactive ketones (excluding diaryl/α,β-unsaturated/α-hetero) is 1. The molecule has 7 nitrogen and oxygen atoms in total. The number of rotatable bonds is 11. The summed E-state index contributed by atoms with van der Waals surface area (Å²) >= 11 is 0. The largest absolute Gasteiger partial charge is 0.461 e. The first-order valence-corrected chi connectivity index (χ1v) is 9.50. The van der Waals surface area contributed by atoms with E-state index in [0.717, 1.165) is 0 Å². The second-order valence-corrected chi connectivity index (χ2v) is 6.73. The van der Waals surface area contributed by atoms with Crippen molar-refractivity contribution in [2.24, 2.45) is 5.92 Å². The number of ketones is 1. The van der Waals surface area contributed by atoms with E-state index >= 15 is 0 Å². The van der Waals surface area contributed by atoms with Crippen LogP contribution in [0.3, 0.4) is 0 Å². The molecule has 0 unspecified atom stereocenters. The van der Waals surface area contributed by atoms with E-state index in [1.165, 1.54) is 0 Å². The van der Waals surface area contributed by atoms with E-state index in [1.54, 1.807) is 25.7 Å². The van der Waals surface area contributed by atoms with Crippen LogP contribution in [0.4, 0.5) is 0 Å². The quantitative estimate of drug-likeness (QED) is 0.362. The lowest BCUT2D eigenvalue weighted by Gasteiger charge is -2.24. The summed E-state index contributed by atoms with van der Waals surface area (Å²) < 4.78 is 10.3. The van der Waals surface area contributed by atoms with E-state index in [-0.39, 0.29) is 36.5 Å². The van der Waals surface area contributed by atoms with Gasteiger partial charge in [-0.15, -0.1) is 0 Å². The SMILES string of the molecule is CCOCCCN(CC(=O)c1c(C)[nH]c(C(=O)OCC)c1C)C(=O)C(C)C. The number of aromatic amines is 1. The number of H-pyrrole nitrogens is 1. The number of amides is 1. The van der Waals surface area contributed by atoms with E-state index < -0.39 is 5.97 Å². The number of carbonyl (C=O) groups is 3. The molecule has 1 amide bonds. The first-order chi connectivity index (χ1) is 12.7. The third-order valence-corrected chi connectivity index (χ3v) is 4.26. The van der Waals surface area contributed by atoms with E-state index in [9.17, 15) is 14.4 Å². The molecule has 0 saturated carbocycles. The van der Waals surface area contributed by atoms with Crippen molar-refractivity contribution in [1.29, 1.82) is 0 Å². The maximum Gasteiger partial charge on any atom is 0.355 e. The number of aryl methyl sites for hydroxylation is 1. The Kier molecular flexibility index (Phi) is 9.21. The summed E-state index contributed by atoms with van der Waals surface area (Å²) in [6, 6.07) is 0. The van der Waals surface area contributed by atoms with Gasteiger partial charge < -0.3 is 19.4 Å². The average molecular weight is 380 g/mol. The molecule has 0 radical (unpaired) electrons. The molecule has 1 aromatic heterocycles. The Morgan fingerprint density at radius 1 is 1.11 bits per heavy atom. The van der Waals surface area contributed by atoms with Gasteiger partial charge >= 0.3 is 5.97 Å². The summed E-state index contributed by atoms with van der Waals surface area (Å²) in [5.41, 5.74) is 1.90. The first kappa shape index (κ1) is 22.9. The van der Waals surface area contributed by atoms with Crippen LogP contribution in [0.25, 0.3) is 0 Å². The standard InChI is InChI=1S/C20H32N2O5/c1-7-26-11-9-10-22(19(24)13(3)4)12-16(23)17-14(5)18(21-15(17)6)20(25)27-8-2/h13,21H,7-12H2,1-6H3. The molecule has 1 heterocycles. The molecule has 0 aliphatic rings. The van der Waals surface area contributed by atoms with Crippen molar-refractivity contribution in [3.63, 3.8) is 0 Å². The molecule has 0 saturated heterocycles. The second kappa shape index (κ2) is 10.9. The van der Waals surface area contributed by atoms with Crippen molar-refractivity contribution in [2.45, 2.75) is 48.0 Å². The third-order valence-electron chi connectivity index (χ3n) is 4.26. The van der Waals surface area contributed by atoms with Crippen molar-refractivity contribution < 1.29 is 23.9 Å². The molecule has 0 fully saturated rings. The van der Waals surface area contributed by atoms with Crippen molar-refractivity contribution >= 4 is 17.7 Å². The van der Waals surface area contributed by atoms with Gasteiger partial charge in [0.15, 0.2) is 5.78 Å². The number of ether oxygens (including phenoxy) is 2. The van der Waals surface area contributed by atoms with Crippen molar-refractivity contribution in [3.05, 3.63) is 22.5 Å². The summed E-state index contributed by atoms with van der Waals surface area (Å²) in [6.45, 7) is 12.6. The number of carbonyl (C=O) groups excluding carboxylic acids is 3. The van der Waals surface area contributed by atoms with E-state index in [2.05, 4.69) is 4.98 Å². The minimum Gasteiger partial charge on any atom is -0.461 e. The van der Waals surface area contributed by atoms with Crippen molar-refractivity contribution in [3.8, 4) is 0 Å². The molecule has 0 spiro atoms. The van der Waals surface area contributed by atoms with Crippen molar-refractivity contribution in [2.75, 3.05) is 32.9 Å². The fourth-order valence-electron chi connectivity index (χ4n) is 2.96. The molecule has 0 bridgehead atoms. The van der Waals surface area contributed by atoms with Crippen LogP contribution in [-0.4, -0.2) is 60.5 Å². The highest BCUT2D eigenvalue weighted by atomic mass is 16.5. The van der Waals surface area contributed by atoms with Gasteiger partial charge in [-0.1, -0.05) is 13.8 Å². The smallest absolute Gasteiger partial charge is 0.355 e. The van der Waals surface area contributed by atoms with Gasteiger partial charge in [0.1, 0.15) is 5.69 Å². The van der Waals surface area contributed by atoms with E-state index in [0.29, 0.717) is 43.0 Å². The molecule has 0 aromatic carbocycles. The fourth-order valence-corrected chi connectivity index (χ4v) is 2.96. The fraction of sp³-hybridized carbons (Fsp3) is 0.650. The Labute approximate surface area is 161 Å². The van der Waals surface area contributed by atoms with Gasteiger partial charge in [-0.3, -0.25) is 9.59 Å². The minimum absolute atomic E-state index is 0.0229. The Balaban J connectivity index is 2.97. The molecule has 1 aromatic rings. The van der Waals surface area contributed by atoms with E-state index in [1.807, 2.05) is 20.8 Å². The molecule has 0 aliphatic heterocycles. The molecule has 0 aliphatic carbocycles. The topological polar surface area (TPSA) is 88.7 Å². The zero-order valence-corrected chi connectivity index (χ0v) is 17.3. The van der Waals surface area contributed by atoms with Crippen LogP contribution < -0.4 is 0 Å². The number of esters is 1. The van der Waals surface area contributed by atoms with Crippen LogP contribution in [0.15, 0.2) is 0 Å². The molecule has 7 heteroatoms. The summed E-state index contributed by atoms with van der Waals surface area (Å²) in [4.78, 5) is 42.0. The predicted molar refractivity (Wildman–Crippen MR) is 103 cm³/mol. The maximum atomic E-state index is 12.9. The Morgan fingerprint density at radius 2 is 1.78 bits per heavy atom. The second-order valence-electron chi connectivity index (χ2n) is 6.73. The van der Waals surface area contributed by atoms with Crippen molar-refractivity contribution in [1.82, 2.24) is 9.88 Å². The summed E-state index contributed by atoms with van der Waals surface area (Å²) in [6.07, 6.45) is 0.665. The molecule has 27 heavy (non-hydrogen) atoms. The maximum absolute atomic E-state index is 12.9. The predicted octanol–water partition coefficient (Wildman–Crippen LogP) is 2.90. The highest BCUT2D eigenvalue weighted by Crippen LogP contribution is 2.20. The van der Waals surface area contributed by atoms with Crippen LogP contribution in [0.1, 0.15) is 66.2 Å². The first-order valence-electron chi connectivity index (χ1n) is 9.50. The lowest BCUT2D eigenvalue weighted by atomic mass is 10.0. The summed E-state index contributed by atoms with van der Waals surface area (Å²) in [5, 5.41) is 0. The van der Waals surface area contributed by atoms with Gasteiger partial charge in [0.05, 0.1) is 13.2 Å². The zero-order valence-electron chi connectivity index (χ0n) is 17.3. The van der Waals surface area contributed by atoms with E-state index in [4.69, 9.17) is 9.47 Å². The van der Waals surface area contributed by atoms with Gasteiger partial charge in [0, 0.05) is 36.9 Å². The van der Waals surface area contributed by atoms with Crippen LogP contribution in [0, 0.1) is 19.8 Å². The molecule has 1 N–H and O–H groups in total. The molecular formula is C20H32N2O5. The summed E-state index contributed by atoms with van der Waals surface area (Å²) in [7, 11) is 0. The van der Waals surface area contributed by atoms with Crippen LogP contribution in [0.5, 0.6) is 0 Å². The van der Waals surface area contributed by atoms with Gasteiger partial charge in [-0.2, -0.15) is 0 Å². The Bertz CT molecular complexity index is 664. The number of nitrogens with one attached hydrogen (secondary N) is 1. The molecular weight excluding hydrogens is 348 g/mol. The minimum atomic E-state index is -0.482. The number of nitrogens with zero attached hydrogens (tertiary/aromatic N) is 1. The highest BCUT2D eigenvalue weighted by molar-refractivity contribution is 6.04. The Morgan fingerprint density at radius 3 is 2.33 bits per heavy atom. The monoisotopic (exact) mass is 380 g/mol. The third kappa shape index (κ3) is 6.20. The molecule has 152 valence electrons. The molecule has 1 rings (SSSR count). The van der Waals surface area contributed by atoms with Crippen LogP contribution in [-0.2, 0) is 14.3 Å². The zero-order chi connectivity index (χ0) is 20.6. The Hall–Kier alpha value is -2.15. The number of hydrogen-bond donors (Lipinski definition) is 1. The number of hydrogen-bond acceptors (Lipinski definition) is 5. The highest BCUT2D eigenvalue weighted by Gasteiger charge is 2.26. The van der Waals surface area contributed by atoms with Crippen LogP contribution in [0.2, 0.25) is 0 Å². The number of aromatic nitrogens is 1.